The average molecular weight is 395 g/mol. The lowest BCUT2D eigenvalue weighted by atomic mass is 10.2. The average Bonchev–Trinajstić information content (AvgIpc) is 2.86. The summed E-state index contributed by atoms with van der Waals surface area (Å²) in [7, 11) is 3.31. The van der Waals surface area contributed by atoms with Gasteiger partial charge in [-0.15, -0.1) is 0 Å². The number of amides is 1. The molecule has 8 heteroatoms. The zero-order valence-corrected chi connectivity index (χ0v) is 15.5. The van der Waals surface area contributed by atoms with Gasteiger partial charge in [-0.05, 0) is 53.5 Å². The van der Waals surface area contributed by atoms with E-state index in [4.69, 9.17) is 9.47 Å². The maximum absolute atomic E-state index is 12.0. The molecule has 0 fully saturated rings. The van der Waals surface area contributed by atoms with Crippen LogP contribution >= 0.6 is 15.9 Å². The number of aryl methyl sites for hydroxylation is 1. The number of nitrogens with zero attached hydrogens (tertiary/aromatic N) is 3. The van der Waals surface area contributed by atoms with Crippen molar-refractivity contribution >= 4 is 28.1 Å². The van der Waals surface area contributed by atoms with Gasteiger partial charge < -0.3 is 9.47 Å². The number of nitrogens with one attached hydrogen (secondary N) is 1. The van der Waals surface area contributed by atoms with Crippen LogP contribution in [-0.2, 0) is 7.05 Å². The van der Waals surface area contributed by atoms with Crippen LogP contribution in [0.1, 0.15) is 29.9 Å². The molecule has 24 heavy (non-hydrogen) atoms. The van der Waals surface area contributed by atoms with Gasteiger partial charge in [0.15, 0.2) is 17.2 Å². The summed E-state index contributed by atoms with van der Waals surface area (Å²) >= 11 is 3.27. The van der Waals surface area contributed by atoms with Crippen molar-refractivity contribution in [2.24, 2.45) is 12.1 Å². The van der Waals surface area contributed by atoms with E-state index in [2.05, 4.69) is 31.6 Å². The van der Waals surface area contributed by atoms with Crippen LogP contribution in [0.5, 0.6) is 11.5 Å². The van der Waals surface area contributed by atoms with Crippen molar-refractivity contribution < 1.29 is 14.3 Å². The molecule has 0 spiro atoms. The smallest absolute Gasteiger partial charge is 0.293 e. The Morgan fingerprint density at radius 2 is 2.17 bits per heavy atom. The van der Waals surface area contributed by atoms with Gasteiger partial charge in [0, 0.05) is 13.2 Å². The lowest BCUT2D eigenvalue weighted by Gasteiger charge is -2.13. The van der Waals surface area contributed by atoms with Crippen LogP contribution in [0.3, 0.4) is 0 Å². The number of hydrazone groups is 1. The first kappa shape index (κ1) is 18.0. The van der Waals surface area contributed by atoms with E-state index in [9.17, 15) is 4.79 Å². The van der Waals surface area contributed by atoms with Crippen LogP contribution in [0.4, 0.5) is 0 Å². The molecule has 0 radical (unpaired) electrons. The maximum atomic E-state index is 12.0. The van der Waals surface area contributed by atoms with Crippen LogP contribution in [0, 0.1) is 0 Å². The molecular formula is C16H19BrN4O3. The number of hydrogen-bond acceptors (Lipinski definition) is 5. The second-order valence-electron chi connectivity index (χ2n) is 5.28. The van der Waals surface area contributed by atoms with Crippen LogP contribution in [0.25, 0.3) is 0 Å². The number of carbonyl (C=O) groups is 1. The van der Waals surface area contributed by atoms with Gasteiger partial charge in [0.25, 0.3) is 5.91 Å². The zero-order valence-electron chi connectivity index (χ0n) is 13.9. The molecule has 0 saturated heterocycles. The minimum Gasteiger partial charge on any atom is -0.493 e. The van der Waals surface area contributed by atoms with Gasteiger partial charge in [0.2, 0.25) is 0 Å². The highest BCUT2D eigenvalue weighted by molar-refractivity contribution is 9.10. The number of benzene rings is 1. The summed E-state index contributed by atoms with van der Waals surface area (Å²) in [6, 6.07) is 5.41. The Hall–Kier alpha value is -2.35. The number of methoxy groups -OCH3 is 1. The van der Waals surface area contributed by atoms with E-state index in [0.717, 1.165) is 5.56 Å². The van der Waals surface area contributed by atoms with Crippen molar-refractivity contribution in [1.29, 1.82) is 0 Å². The molecule has 0 aliphatic heterocycles. The number of carbonyl (C=O) groups excluding carboxylic acids is 1. The third-order valence-corrected chi connectivity index (χ3v) is 3.51. The molecule has 2 rings (SSSR count). The van der Waals surface area contributed by atoms with Crippen LogP contribution < -0.4 is 14.9 Å². The minimum absolute atomic E-state index is 0.0505. The molecule has 2 aromatic rings. The Balaban J connectivity index is 2.06. The van der Waals surface area contributed by atoms with Crippen molar-refractivity contribution in [2.45, 2.75) is 20.0 Å². The van der Waals surface area contributed by atoms with E-state index in [1.165, 1.54) is 6.21 Å². The molecule has 0 saturated carbocycles. The summed E-state index contributed by atoms with van der Waals surface area (Å²) in [6.07, 6.45) is 3.27. The van der Waals surface area contributed by atoms with Crippen molar-refractivity contribution in [1.82, 2.24) is 15.2 Å². The monoisotopic (exact) mass is 394 g/mol. The van der Waals surface area contributed by atoms with E-state index < -0.39 is 5.91 Å². The quantitative estimate of drug-likeness (QED) is 0.603. The highest BCUT2D eigenvalue weighted by atomic mass is 79.9. The second kappa shape index (κ2) is 7.96. The summed E-state index contributed by atoms with van der Waals surface area (Å²) in [6.45, 7) is 3.89. The van der Waals surface area contributed by atoms with E-state index in [0.29, 0.717) is 16.0 Å². The zero-order chi connectivity index (χ0) is 17.7. The number of rotatable bonds is 6. The molecule has 0 aliphatic carbocycles. The highest BCUT2D eigenvalue weighted by Gasteiger charge is 2.13. The standard InChI is InChI=1S/C16H19BrN4O3/c1-10(2)24-13-6-5-11(7-14(13)23-4)8-18-19-16(22)15-12(17)9-21(3)20-15/h5-10H,1-4H3,(H,19,22)/b18-8-. The predicted molar refractivity (Wildman–Crippen MR) is 94.7 cm³/mol. The molecule has 1 aromatic heterocycles. The largest absolute Gasteiger partial charge is 0.493 e. The summed E-state index contributed by atoms with van der Waals surface area (Å²) in [5, 5.41) is 7.99. The summed E-state index contributed by atoms with van der Waals surface area (Å²) < 4.78 is 13.1. The number of aromatic nitrogens is 2. The third-order valence-electron chi connectivity index (χ3n) is 2.93. The molecule has 1 N–H and O–H groups in total. The van der Waals surface area contributed by atoms with Gasteiger partial charge in [-0.2, -0.15) is 10.2 Å². The van der Waals surface area contributed by atoms with Gasteiger partial charge in [-0.1, -0.05) is 0 Å². The first-order valence-electron chi connectivity index (χ1n) is 7.28. The van der Waals surface area contributed by atoms with Crippen LogP contribution in [-0.4, -0.2) is 35.1 Å². The molecule has 128 valence electrons. The molecule has 0 aliphatic rings. The molecule has 7 nitrogen and oxygen atoms in total. The Morgan fingerprint density at radius 1 is 1.42 bits per heavy atom. The summed E-state index contributed by atoms with van der Waals surface area (Å²) in [5.74, 6) is 0.864. The molecule has 0 atom stereocenters. The normalized spacial score (nSPS) is 11.1. The third kappa shape index (κ3) is 4.58. The van der Waals surface area contributed by atoms with Crippen molar-refractivity contribution in [2.75, 3.05) is 7.11 Å². The van der Waals surface area contributed by atoms with Gasteiger partial charge in [-0.3, -0.25) is 9.48 Å². The first-order chi connectivity index (χ1) is 11.4. The Bertz CT molecular complexity index is 756. The van der Waals surface area contributed by atoms with Gasteiger partial charge >= 0.3 is 0 Å². The Morgan fingerprint density at radius 3 is 2.75 bits per heavy atom. The lowest BCUT2D eigenvalue weighted by molar-refractivity contribution is 0.0948. The molecule has 1 aromatic carbocycles. The van der Waals surface area contributed by atoms with E-state index in [1.807, 2.05) is 19.9 Å². The van der Waals surface area contributed by atoms with Gasteiger partial charge in [-0.25, -0.2) is 5.43 Å². The highest BCUT2D eigenvalue weighted by Crippen LogP contribution is 2.28. The number of hydrogen-bond donors (Lipinski definition) is 1. The van der Waals surface area contributed by atoms with Crippen molar-refractivity contribution in [3.05, 3.63) is 40.1 Å². The van der Waals surface area contributed by atoms with Crippen molar-refractivity contribution in [3.63, 3.8) is 0 Å². The Labute approximate surface area is 148 Å². The molecule has 0 unspecified atom stereocenters. The maximum Gasteiger partial charge on any atom is 0.293 e. The fraction of sp³-hybridized carbons (Fsp3) is 0.312. The topological polar surface area (TPSA) is 77.7 Å². The molecule has 0 bridgehead atoms. The van der Waals surface area contributed by atoms with Gasteiger partial charge in [0.1, 0.15) is 0 Å². The molecule has 1 heterocycles. The number of ether oxygens (including phenoxy) is 2. The fourth-order valence-corrected chi connectivity index (χ4v) is 2.50. The summed E-state index contributed by atoms with van der Waals surface area (Å²) in [5.41, 5.74) is 3.48. The van der Waals surface area contributed by atoms with Crippen LogP contribution in [0.15, 0.2) is 34.0 Å². The van der Waals surface area contributed by atoms with Gasteiger partial charge in [0.05, 0.1) is 23.9 Å². The van der Waals surface area contributed by atoms with E-state index in [-0.39, 0.29) is 11.8 Å². The SMILES string of the molecule is COc1cc(/C=N\NC(=O)c2nn(C)cc2Br)ccc1OC(C)C. The van der Waals surface area contributed by atoms with Crippen molar-refractivity contribution in [3.8, 4) is 11.5 Å². The summed E-state index contributed by atoms with van der Waals surface area (Å²) in [4.78, 5) is 12.0. The predicted octanol–water partition coefficient (Wildman–Crippen LogP) is 2.74. The minimum atomic E-state index is -0.398. The Kier molecular flexibility index (Phi) is 5.97. The molecular weight excluding hydrogens is 376 g/mol. The first-order valence-corrected chi connectivity index (χ1v) is 8.07. The fourth-order valence-electron chi connectivity index (χ4n) is 1.95. The van der Waals surface area contributed by atoms with Crippen LogP contribution in [0.2, 0.25) is 0 Å². The number of halogens is 1. The molecule has 1 amide bonds. The lowest BCUT2D eigenvalue weighted by Crippen LogP contribution is -2.19. The second-order valence-corrected chi connectivity index (χ2v) is 6.13. The van der Waals surface area contributed by atoms with E-state index >= 15 is 0 Å². The van der Waals surface area contributed by atoms with E-state index in [1.54, 1.807) is 37.2 Å².